The number of aromatic nitrogens is 5. The Morgan fingerprint density at radius 2 is 1.97 bits per heavy atom. The lowest BCUT2D eigenvalue weighted by molar-refractivity contribution is -0.137. The van der Waals surface area contributed by atoms with E-state index in [1.165, 1.54) is 11.8 Å². The van der Waals surface area contributed by atoms with Crippen LogP contribution in [-0.4, -0.2) is 31.4 Å². The Labute approximate surface area is 197 Å². The van der Waals surface area contributed by atoms with Crippen LogP contribution in [-0.2, 0) is 12.7 Å². The Hall–Kier alpha value is -4.40. The summed E-state index contributed by atoms with van der Waals surface area (Å²) < 4.78 is 62.2. The van der Waals surface area contributed by atoms with Gasteiger partial charge in [-0.2, -0.15) is 23.4 Å². The van der Waals surface area contributed by atoms with Crippen LogP contribution in [0.15, 0.2) is 48.9 Å². The summed E-state index contributed by atoms with van der Waals surface area (Å²) in [7, 11) is 1.51. The third kappa shape index (κ3) is 5.08. The number of hydrogen-bond acceptors (Lipinski definition) is 6. The number of imidazole rings is 1. The number of benzene rings is 2. The zero-order chi connectivity index (χ0) is 25.2. The zero-order valence-electron chi connectivity index (χ0n) is 18.6. The molecule has 0 fully saturated rings. The van der Waals surface area contributed by atoms with Crippen molar-refractivity contribution >= 4 is 11.6 Å². The number of hydrogen-bond donors (Lipinski definition) is 1. The molecule has 35 heavy (non-hydrogen) atoms. The molecule has 0 unspecified atom stereocenters. The molecular formula is C23H19F4N7O. The molecule has 4 aromatic rings. The normalized spacial score (nSPS) is 11.3. The van der Waals surface area contributed by atoms with Crippen LogP contribution in [0, 0.1) is 24.1 Å². The highest BCUT2D eigenvalue weighted by atomic mass is 19.4. The maximum atomic E-state index is 14.3. The number of ether oxygens (including phenoxy) is 1. The molecule has 0 radical (unpaired) electrons. The molecule has 180 valence electrons. The number of rotatable bonds is 7. The van der Waals surface area contributed by atoms with Crippen LogP contribution in [0.4, 0.5) is 29.2 Å². The van der Waals surface area contributed by atoms with Crippen molar-refractivity contribution in [3.63, 3.8) is 0 Å². The minimum Gasteiger partial charge on any atom is -0.495 e. The summed E-state index contributed by atoms with van der Waals surface area (Å²) in [6, 6.07) is 9.23. The number of anilines is 2. The zero-order valence-corrected chi connectivity index (χ0v) is 18.6. The van der Waals surface area contributed by atoms with Gasteiger partial charge in [-0.1, -0.05) is 0 Å². The predicted octanol–water partition coefficient (Wildman–Crippen LogP) is 5.26. The quantitative estimate of drug-likeness (QED) is 0.359. The van der Waals surface area contributed by atoms with Crippen molar-refractivity contribution in [2.45, 2.75) is 26.1 Å². The third-order valence-electron chi connectivity index (χ3n) is 5.08. The molecule has 0 amide bonds. The smallest absolute Gasteiger partial charge is 0.416 e. The highest BCUT2D eigenvalue weighted by Gasteiger charge is 2.31. The second-order valence-electron chi connectivity index (χ2n) is 7.52. The summed E-state index contributed by atoms with van der Waals surface area (Å²) in [6.45, 7) is 1.95. The number of methoxy groups -OCH3 is 1. The number of aryl methyl sites for hydroxylation is 2. The van der Waals surface area contributed by atoms with Crippen molar-refractivity contribution in [3.8, 4) is 28.9 Å². The van der Waals surface area contributed by atoms with Gasteiger partial charge in [0.15, 0.2) is 5.82 Å². The van der Waals surface area contributed by atoms with Gasteiger partial charge in [-0.3, -0.25) is 0 Å². The van der Waals surface area contributed by atoms with E-state index >= 15 is 0 Å². The van der Waals surface area contributed by atoms with E-state index in [9.17, 15) is 17.6 Å². The lowest BCUT2D eigenvalue weighted by Crippen LogP contribution is -2.09. The van der Waals surface area contributed by atoms with Crippen molar-refractivity contribution < 1.29 is 22.3 Å². The molecule has 0 saturated heterocycles. The number of nitriles is 1. The minimum absolute atomic E-state index is 0.0123. The number of alkyl halides is 3. The van der Waals surface area contributed by atoms with Gasteiger partial charge in [-0.15, -0.1) is 5.10 Å². The molecule has 8 nitrogen and oxygen atoms in total. The van der Waals surface area contributed by atoms with Gasteiger partial charge in [-0.05, 0) is 43.3 Å². The van der Waals surface area contributed by atoms with E-state index < -0.39 is 23.2 Å². The first-order valence-corrected chi connectivity index (χ1v) is 10.3. The summed E-state index contributed by atoms with van der Waals surface area (Å²) >= 11 is 0. The molecule has 0 bridgehead atoms. The molecule has 12 heteroatoms. The van der Waals surface area contributed by atoms with E-state index in [1.54, 1.807) is 29.1 Å². The maximum Gasteiger partial charge on any atom is 0.416 e. The standard InChI is InChI=1S/C23H19F4N7O/c1-14-12-33(13-29-14)19-7-4-15(10-20(19)35-2)21-31-22(34(32-21)9-3-8-28)30-18-11-16(23(25,26)27)5-6-17(18)24/h4-7,10-13H,3,9H2,1-2H3,(H,30,31,32). The summed E-state index contributed by atoms with van der Waals surface area (Å²) in [5, 5.41) is 15.9. The molecular weight excluding hydrogens is 466 g/mol. The minimum atomic E-state index is -4.64. The second-order valence-corrected chi connectivity index (χ2v) is 7.52. The fraction of sp³-hybridized carbons (Fsp3) is 0.217. The van der Waals surface area contributed by atoms with E-state index in [0.717, 1.165) is 17.4 Å². The van der Waals surface area contributed by atoms with Gasteiger partial charge in [0, 0.05) is 11.8 Å². The molecule has 4 rings (SSSR count). The van der Waals surface area contributed by atoms with E-state index in [1.807, 2.05) is 19.2 Å². The topological polar surface area (TPSA) is 93.6 Å². The van der Waals surface area contributed by atoms with Crippen LogP contribution in [0.2, 0.25) is 0 Å². The average Bonchev–Trinajstić information content (AvgIpc) is 3.44. The average molecular weight is 485 g/mol. The predicted molar refractivity (Wildman–Crippen MR) is 119 cm³/mol. The molecule has 0 atom stereocenters. The van der Waals surface area contributed by atoms with E-state index in [0.29, 0.717) is 23.4 Å². The van der Waals surface area contributed by atoms with Crippen LogP contribution in [0.25, 0.3) is 17.1 Å². The highest BCUT2D eigenvalue weighted by Crippen LogP contribution is 2.33. The Bertz CT molecular complexity index is 1400. The molecule has 1 N–H and O–H groups in total. The van der Waals surface area contributed by atoms with Crippen LogP contribution < -0.4 is 10.1 Å². The summed E-state index contributed by atoms with van der Waals surface area (Å²) in [4.78, 5) is 8.56. The van der Waals surface area contributed by atoms with Crippen LogP contribution in [0.1, 0.15) is 17.7 Å². The van der Waals surface area contributed by atoms with Crippen molar-refractivity contribution in [1.82, 2.24) is 24.3 Å². The third-order valence-corrected chi connectivity index (χ3v) is 5.08. The molecule has 0 saturated carbocycles. The summed E-state index contributed by atoms with van der Waals surface area (Å²) in [6.07, 6.45) is -1.11. The number of nitrogens with one attached hydrogen (secondary N) is 1. The van der Waals surface area contributed by atoms with Crippen LogP contribution >= 0.6 is 0 Å². The molecule has 2 aromatic carbocycles. The number of halogens is 4. The molecule has 0 aliphatic carbocycles. The van der Waals surface area contributed by atoms with Crippen LogP contribution in [0.3, 0.4) is 0 Å². The van der Waals surface area contributed by atoms with Gasteiger partial charge in [0.2, 0.25) is 5.95 Å². The van der Waals surface area contributed by atoms with Crippen molar-refractivity contribution in [2.24, 2.45) is 0 Å². The molecule has 2 aromatic heterocycles. The van der Waals surface area contributed by atoms with Gasteiger partial charge < -0.3 is 14.6 Å². The van der Waals surface area contributed by atoms with E-state index in [-0.39, 0.29) is 24.7 Å². The Kier molecular flexibility index (Phi) is 6.42. The first-order valence-electron chi connectivity index (χ1n) is 10.3. The Balaban J connectivity index is 1.72. The first kappa shape index (κ1) is 23.7. The molecule has 0 aliphatic rings. The van der Waals surface area contributed by atoms with Gasteiger partial charge in [0.25, 0.3) is 0 Å². The Morgan fingerprint density at radius 1 is 1.17 bits per heavy atom. The van der Waals surface area contributed by atoms with Crippen molar-refractivity contribution in [2.75, 3.05) is 12.4 Å². The summed E-state index contributed by atoms with van der Waals surface area (Å²) in [5.74, 6) is -0.186. The molecule has 0 spiro atoms. The SMILES string of the molecule is COc1cc(-c2nc(Nc3cc(C(F)(F)F)ccc3F)n(CCC#N)n2)ccc1-n1cnc(C)c1. The van der Waals surface area contributed by atoms with Gasteiger partial charge in [-0.25, -0.2) is 14.1 Å². The monoisotopic (exact) mass is 485 g/mol. The molecule has 0 aliphatic heterocycles. The van der Waals surface area contributed by atoms with Gasteiger partial charge >= 0.3 is 6.18 Å². The van der Waals surface area contributed by atoms with Gasteiger partial charge in [0.1, 0.15) is 11.6 Å². The largest absolute Gasteiger partial charge is 0.495 e. The van der Waals surface area contributed by atoms with Crippen LogP contribution in [0.5, 0.6) is 5.75 Å². The number of nitrogens with zero attached hydrogens (tertiary/aromatic N) is 6. The maximum absolute atomic E-state index is 14.3. The fourth-order valence-corrected chi connectivity index (χ4v) is 3.37. The summed E-state index contributed by atoms with van der Waals surface area (Å²) in [5.41, 5.74) is 0.669. The highest BCUT2D eigenvalue weighted by molar-refractivity contribution is 5.65. The lowest BCUT2D eigenvalue weighted by atomic mass is 10.1. The van der Waals surface area contributed by atoms with Gasteiger partial charge in [0.05, 0.1) is 55.1 Å². The Morgan fingerprint density at radius 3 is 2.63 bits per heavy atom. The lowest BCUT2D eigenvalue weighted by Gasteiger charge is -2.11. The fourth-order valence-electron chi connectivity index (χ4n) is 3.37. The second kappa shape index (κ2) is 9.46. The molecule has 2 heterocycles. The first-order chi connectivity index (χ1) is 16.7. The van der Waals surface area contributed by atoms with Crippen molar-refractivity contribution in [1.29, 1.82) is 5.26 Å². The van der Waals surface area contributed by atoms with E-state index in [4.69, 9.17) is 10.00 Å². The van der Waals surface area contributed by atoms with E-state index in [2.05, 4.69) is 20.4 Å². The van der Waals surface area contributed by atoms with Crippen molar-refractivity contribution in [3.05, 3.63) is 66.0 Å².